The minimum absolute atomic E-state index is 0.125. The molecule has 0 aliphatic heterocycles. The van der Waals surface area contributed by atoms with Crippen LogP contribution in [-0.4, -0.2) is 34.5 Å². The molecule has 0 aliphatic rings. The zero-order valence-electron chi connectivity index (χ0n) is 18.3. The molecule has 0 aromatic heterocycles. The summed E-state index contributed by atoms with van der Waals surface area (Å²) in [4.78, 5) is 11.0. The first kappa shape index (κ1) is 28.6. The van der Waals surface area contributed by atoms with Gasteiger partial charge in [-0.25, -0.2) is 0 Å². The van der Waals surface area contributed by atoms with Crippen LogP contribution in [0.5, 0.6) is 0 Å². The Morgan fingerprint density at radius 1 is 0.630 bits per heavy atom. The molecule has 0 heterocycles. The Kier molecular flexibility index (Phi) is 26.9. The first-order chi connectivity index (χ1) is 13.1. The smallest absolute Gasteiger partial charge is 0.303 e. The summed E-state index contributed by atoms with van der Waals surface area (Å²) < 4.78 is 0. The molecular weight excluding hydrogens is 340 g/mol. The van der Waals surface area contributed by atoms with Gasteiger partial charge in [-0.15, -0.1) is 0 Å². The van der Waals surface area contributed by atoms with Crippen molar-refractivity contribution in [2.75, 3.05) is 13.2 Å². The maximum atomic E-state index is 11.0. The number of carboxylic acid groups (broad SMARTS) is 1. The van der Waals surface area contributed by atoms with Gasteiger partial charge in [0.1, 0.15) is 0 Å². The lowest BCUT2D eigenvalue weighted by Gasteiger charge is -2.14. The third-order valence-corrected chi connectivity index (χ3v) is 5.00. The maximum Gasteiger partial charge on any atom is 0.303 e. The van der Waals surface area contributed by atoms with Gasteiger partial charge in [0.15, 0.2) is 0 Å². The van der Waals surface area contributed by atoms with E-state index in [0.717, 1.165) is 12.8 Å². The van der Waals surface area contributed by atoms with Gasteiger partial charge in [-0.3, -0.25) is 4.79 Å². The Morgan fingerprint density at radius 2 is 0.963 bits per heavy atom. The summed E-state index contributed by atoms with van der Waals surface area (Å²) >= 11 is 0. The van der Waals surface area contributed by atoms with Gasteiger partial charge in [0.05, 0.1) is 13.2 Å². The monoisotopic (exact) mass is 388 g/mol. The van der Waals surface area contributed by atoms with E-state index < -0.39 is 5.97 Å². The van der Waals surface area contributed by atoms with Crippen LogP contribution in [0.1, 0.15) is 123 Å². The molecule has 0 spiro atoms. The van der Waals surface area contributed by atoms with Crippen LogP contribution >= 0.6 is 0 Å². The number of carbonyl (C=O) groups is 1. The highest BCUT2D eigenvalue weighted by molar-refractivity contribution is 5.66. The topological polar surface area (TPSA) is 77.8 Å². The number of aliphatic hydroxyl groups excluding tert-OH is 2. The van der Waals surface area contributed by atoms with Crippen molar-refractivity contribution in [3.05, 3.63) is 0 Å². The van der Waals surface area contributed by atoms with Crippen molar-refractivity contribution in [2.24, 2.45) is 5.92 Å². The van der Waals surface area contributed by atoms with Crippen LogP contribution in [-0.2, 0) is 4.79 Å². The molecule has 3 N–H and O–H groups in total. The van der Waals surface area contributed by atoms with Crippen LogP contribution in [0.15, 0.2) is 0 Å². The van der Waals surface area contributed by atoms with Crippen molar-refractivity contribution in [3.63, 3.8) is 0 Å². The Balaban J connectivity index is 0. The van der Waals surface area contributed by atoms with Crippen molar-refractivity contribution in [2.45, 2.75) is 123 Å². The molecule has 4 nitrogen and oxygen atoms in total. The quantitative estimate of drug-likeness (QED) is 0.226. The zero-order valence-corrected chi connectivity index (χ0v) is 18.3. The molecular formula is C23H48O4. The Hall–Kier alpha value is -0.610. The second-order valence-electron chi connectivity index (χ2n) is 7.73. The SMILES string of the molecule is CCCCCCCCCCC(CCCCCCCC)CC(=O)O.OCCO. The molecule has 1 unspecified atom stereocenters. The van der Waals surface area contributed by atoms with Gasteiger partial charge >= 0.3 is 5.97 Å². The van der Waals surface area contributed by atoms with E-state index in [0.29, 0.717) is 12.3 Å². The molecule has 4 heteroatoms. The molecule has 0 aromatic rings. The van der Waals surface area contributed by atoms with Crippen LogP contribution in [0.2, 0.25) is 0 Å². The van der Waals surface area contributed by atoms with Gasteiger partial charge in [-0.05, 0) is 18.8 Å². The lowest BCUT2D eigenvalue weighted by atomic mass is 9.91. The van der Waals surface area contributed by atoms with E-state index in [-0.39, 0.29) is 13.2 Å². The molecule has 27 heavy (non-hydrogen) atoms. The number of unbranched alkanes of at least 4 members (excludes halogenated alkanes) is 12. The van der Waals surface area contributed by atoms with Crippen LogP contribution in [0.4, 0.5) is 0 Å². The average molecular weight is 389 g/mol. The number of hydrogen-bond donors (Lipinski definition) is 3. The summed E-state index contributed by atoms with van der Waals surface area (Å²) in [7, 11) is 0. The van der Waals surface area contributed by atoms with Gasteiger partial charge in [-0.2, -0.15) is 0 Å². The number of aliphatic carboxylic acids is 1. The van der Waals surface area contributed by atoms with Crippen LogP contribution in [0, 0.1) is 5.92 Å². The van der Waals surface area contributed by atoms with Gasteiger partial charge in [0.2, 0.25) is 0 Å². The number of hydrogen-bond acceptors (Lipinski definition) is 3. The van der Waals surface area contributed by atoms with E-state index >= 15 is 0 Å². The van der Waals surface area contributed by atoms with Crippen molar-refractivity contribution in [3.8, 4) is 0 Å². The molecule has 0 amide bonds. The lowest BCUT2D eigenvalue weighted by molar-refractivity contribution is -0.138. The molecule has 0 saturated carbocycles. The first-order valence-electron chi connectivity index (χ1n) is 11.6. The summed E-state index contributed by atoms with van der Waals surface area (Å²) in [5.74, 6) is -0.195. The highest BCUT2D eigenvalue weighted by Crippen LogP contribution is 2.22. The predicted molar refractivity (Wildman–Crippen MR) is 115 cm³/mol. The van der Waals surface area contributed by atoms with E-state index in [1.165, 1.54) is 89.9 Å². The van der Waals surface area contributed by atoms with E-state index in [9.17, 15) is 4.79 Å². The summed E-state index contributed by atoms with van der Waals surface area (Å²) in [5.41, 5.74) is 0. The molecule has 0 aliphatic carbocycles. The van der Waals surface area contributed by atoms with Crippen LogP contribution in [0.3, 0.4) is 0 Å². The lowest BCUT2D eigenvalue weighted by Crippen LogP contribution is -2.08. The summed E-state index contributed by atoms with van der Waals surface area (Å²) in [5, 5.41) is 24.3. The molecule has 0 rings (SSSR count). The van der Waals surface area contributed by atoms with Gasteiger partial charge < -0.3 is 15.3 Å². The third kappa shape index (κ3) is 27.7. The number of aliphatic hydroxyl groups is 2. The van der Waals surface area contributed by atoms with Crippen molar-refractivity contribution in [1.82, 2.24) is 0 Å². The number of rotatable bonds is 19. The third-order valence-electron chi connectivity index (χ3n) is 5.00. The second kappa shape index (κ2) is 25.4. The fourth-order valence-electron chi connectivity index (χ4n) is 3.38. The second-order valence-corrected chi connectivity index (χ2v) is 7.73. The van der Waals surface area contributed by atoms with Gasteiger partial charge in [0, 0.05) is 6.42 Å². The van der Waals surface area contributed by atoms with Crippen molar-refractivity contribution in [1.29, 1.82) is 0 Å². The number of carboxylic acids is 1. The standard InChI is InChI=1S/C21H42O2.C2H6O2/c1-3-5-7-9-11-12-14-16-18-20(19-21(22)23)17-15-13-10-8-6-4-2;3-1-2-4/h20H,3-19H2,1-2H3,(H,22,23);3-4H,1-2H2. The normalized spacial score (nSPS) is 11.7. The average Bonchev–Trinajstić information content (AvgIpc) is 2.66. The Morgan fingerprint density at radius 3 is 1.26 bits per heavy atom. The summed E-state index contributed by atoms with van der Waals surface area (Å²) in [6, 6.07) is 0. The maximum absolute atomic E-state index is 11.0. The minimum atomic E-state index is -0.611. The molecule has 0 aromatic carbocycles. The van der Waals surface area contributed by atoms with Crippen LogP contribution < -0.4 is 0 Å². The Bertz CT molecular complexity index is 280. The zero-order chi connectivity index (χ0) is 20.6. The predicted octanol–water partition coefficient (Wildman–Crippen LogP) is 6.33. The first-order valence-corrected chi connectivity index (χ1v) is 11.6. The molecule has 0 saturated heterocycles. The molecule has 1 atom stereocenters. The van der Waals surface area contributed by atoms with Crippen LogP contribution in [0.25, 0.3) is 0 Å². The molecule has 0 fully saturated rings. The fraction of sp³-hybridized carbons (Fsp3) is 0.957. The van der Waals surface area contributed by atoms with E-state index in [1.807, 2.05) is 0 Å². The van der Waals surface area contributed by atoms with E-state index in [1.54, 1.807) is 0 Å². The molecule has 0 radical (unpaired) electrons. The summed E-state index contributed by atoms with van der Waals surface area (Å²) in [6.07, 6.45) is 21.1. The van der Waals surface area contributed by atoms with Crippen molar-refractivity contribution < 1.29 is 20.1 Å². The molecule has 0 bridgehead atoms. The minimum Gasteiger partial charge on any atom is -0.481 e. The fourth-order valence-corrected chi connectivity index (χ4v) is 3.38. The van der Waals surface area contributed by atoms with E-state index in [2.05, 4.69) is 13.8 Å². The van der Waals surface area contributed by atoms with E-state index in [4.69, 9.17) is 15.3 Å². The van der Waals surface area contributed by atoms with Gasteiger partial charge in [-0.1, -0.05) is 104 Å². The Labute approximate surface area is 168 Å². The highest BCUT2D eigenvalue weighted by Gasteiger charge is 2.12. The largest absolute Gasteiger partial charge is 0.481 e. The summed E-state index contributed by atoms with van der Waals surface area (Å²) in [6.45, 7) is 4.25. The van der Waals surface area contributed by atoms with Gasteiger partial charge in [0.25, 0.3) is 0 Å². The highest BCUT2D eigenvalue weighted by atomic mass is 16.4. The molecule has 164 valence electrons. The van der Waals surface area contributed by atoms with Crippen molar-refractivity contribution >= 4 is 5.97 Å².